The molecule has 0 radical (unpaired) electrons. The van der Waals surface area contributed by atoms with Crippen LogP contribution in [0.5, 0.6) is 0 Å². The van der Waals surface area contributed by atoms with Crippen molar-refractivity contribution in [2.75, 3.05) is 0 Å². The van der Waals surface area contributed by atoms with Gasteiger partial charge in [0.2, 0.25) is 0 Å². The van der Waals surface area contributed by atoms with Crippen LogP contribution in [-0.2, 0) is 0 Å². The normalized spacial score (nSPS) is 60.4. The van der Waals surface area contributed by atoms with E-state index in [1.54, 1.807) is 0 Å². The third-order valence-corrected chi connectivity index (χ3v) is 5.97. The molecule has 3 rings (SSSR count). The predicted octanol–water partition coefficient (Wildman–Crippen LogP) is 4.02. The van der Waals surface area contributed by atoms with Crippen LogP contribution in [0, 0.1) is 28.6 Å². The molecule has 2 fully saturated rings. The maximum Gasteiger partial charge on any atom is -0.00816 e. The number of rotatable bonds is 0. The number of hydrogen-bond donors (Lipinski definition) is 0. The minimum atomic E-state index is 0.557. The second-order valence-corrected chi connectivity index (χ2v) is 6.27. The summed E-state index contributed by atoms with van der Waals surface area (Å²) < 4.78 is 0. The molecule has 0 aliphatic heterocycles. The highest BCUT2D eigenvalue weighted by molar-refractivity contribution is 5.26. The first-order valence-electron chi connectivity index (χ1n) is 6.29. The maximum absolute atomic E-state index is 2.55. The summed E-state index contributed by atoms with van der Waals surface area (Å²) in [6, 6.07) is 0. The zero-order chi connectivity index (χ0) is 9.97. The van der Waals surface area contributed by atoms with Gasteiger partial charge in [-0.3, -0.25) is 0 Å². The zero-order valence-electron chi connectivity index (χ0n) is 9.72. The van der Waals surface area contributed by atoms with E-state index in [2.05, 4.69) is 32.9 Å². The van der Waals surface area contributed by atoms with E-state index in [1.807, 2.05) is 0 Å². The molecule has 3 aliphatic rings. The Balaban J connectivity index is 2.09. The smallest absolute Gasteiger partial charge is 0.00816 e. The Bertz CT molecular complexity index is 290. The summed E-state index contributed by atoms with van der Waals surface area (Å²) in [5.41, 5.74) is 1.23. The highest BCUT2D eigenvalue weighted by Crippen LogP contribution is 2.71. The van der Waals surface area contributed by atoms with Crippen LogP contribution in [0.15, 0.2) is 12.2 Å². The zero-order valence-corrected chi connectivity index (χ0v) is 9.72. The van der Waals surface area contributed by atoms with Crippen LogP contribution in [0.25, 0.3) is 0 Å². The highest BCUT2D eigenvalue weighted by Gasteiger charge is 2.63. The molecular weight excluding hydrogens is 168 g/mol. The SMILES string of the molecule is C[C@@H]1C=C[C@@]2(C)CC[C@@H]3[C@@H](C)CC[C@@]132. The fourth-order valence-electron chi connectivity index (χ4n) is 5.15. The third-order valence-electron chi connectivity index (χ3n) is 5.97. The second-order valence-electron chi connectivity index (χ2n) is 6.27. The third kappa shape index (κ3) is 0.741. The van der Waals surface area contributed by atoms with Gasteiger partial charge in [-0.25, -0.2) is 0 Å². The highest BCUT2D eigenvalue weighted by atomic mass is 14.7. The van der Waals surface area contributed by atoms with Gasteiger partial charge in [-0.2, -0.15) is 0 Å². The van der Waals surface area contributed by atoms with Gasteiger partial charge < -0.3 is 0 Å². The van der Waals surface area contributed by atoms with Gasteiger partial charge in [-0.05, 0) is 54.3 Å². The first kappa shape index (κ1) is 9.00. The van der Waals surface area contributed by atoms with Crippen LogP contribution in [0.2, 0.25) is 0 Å². The molecule has 0 unspecified atom stereocenters. The first-order chi connectivity index (χ1) is 6.60. The standard InChI is InChI=1S/C14H22/c1-10-4-9-14-11(2)5-7-13(14,3)8-6-12(10)14/h5,7,10-12H,4,6,8-9H2,1-3H3/t10-,11+,12+,13-,14+/m0/s1. The van der Waals surface area contributed by atoms with E-state index >= 15 is 0 Å². The molecule has 5 atom stereocenters. The molecule has 0 heteroatoms. The van der Waals surface area contributed by atoms with Gasteiger partial charge in [-0.15, -0.1) is 0 Å². The van der Waals surface area contributed by atoms with Crippen LogP contribution < -0.4 is 0 Å². The quantitative estimate of drug-likeness (QED) is 0.506. The molecule has 78 valence electrons. The average Bonchev–Trinajstić information content (AvgIpc) is 2.70. The molecule has 14 heavy (non-hydrogen) atoms. The average molecular weight is 190 g/mol. The van der Waals surface area contributed by atoms with Crippen molar-refractivity contribution < 1.29 is 0 Å². The minimum absolute atomic E-state index is 0.557. The van der Waals surface area contributed by atoms with Crippen LogP contribution in [0.1, 0.15) is 46.5 Å². The lowest BCUT2D eigenvalue weighted by Crippen LogP contribution is -2.37. The van der Waals surface area contributed by atoms with Crippen LogP contribution in [-0.4, -0.2) is 0 Å². The second kappa shape index (κ2) is 2.46. The molecule has 1 spiro atoms. The lowest BCUT2D eigenvalue weighted by Gasteiger charge is -2.42. The predicted molar refractivity (Wildman–Crippen MR) is 60.0 cm³/mol. The topological polar surface area (TPSA) is 0 Å². The monoisotopic (exact) mass is 190 g/mol. The van der Waals surface area contributed by atoms with Crippen molar-refractivity contribution in [1.82, 2.24) is 0 Å². The molecule has 0 nitrogen and oxygen atoms in total. The van der Waals surface area contributed by atoms with Crippen molar-refractivity contribution in [3.63, 3.8) is 0 Å². The Morgan fingerprint density at radius 3 is 2.71 bits per heavy atom. The molecule has 3 aliphatic carbocycles. The minimum Gasteiger partial charge on any atom is -0.0845 e. The molecule has 0 heterocycles. The summed E-state index contributed by atoms with van der Waals surface area (Å²) >= 11 is 0. The summed E-state index contributed by atoms with van der Waals surface area (Å²) in [5.74, 6) is 2.85. The summed E-state index contributed by atoms with van der Waals surface area (Å²) in [6.45, 7) is 7.46. The summed E-state index contributed by atoms with van der Waals surface area (Å²) in [7, 11) is 0. The van der Waals surface area contributed by atoms with Crippen LogP contribution >= 0.6 is 0 Å². The molecule has 0 N–H and O–H groups in total. The molecule has 0 bridgehead atoms. The fraction of sp³-hybridized carbons (Fsp3) is 0.857. The molecular formula is C14H22. The summed E-state index contributed by atoms with van der Waals surface area (Å²) in [5, 5.41) is 0. The van der Waals surface area contributed by atoms with E-state index in [1.165, 1.54) is 25.7 Å². The summed E-state index contributed by atoms with van der Waals surface area (Å²) in [6.07, 6.45) is 11.0. The van der Waals surface area contributed by atoms with Gasteiger partial charge in [0.05, 0.1) is 0 Å². The van der Waals surface area contributed by atoms with Crippen molar-refractivity contribution >= 4 is 0 Å². The van der Waals surface area contributed by atoms with Crippen LogP contribution in [0.3, 0.4) is 0 Å². The molecule has 0 aromatic heterocycles. The molecule has 0 aromatic carbocycles. The lowest BCUT2D eigenvalue weighted by atomic mass is 9.62. The van der Waals surface area contributed by atoms with Crippen molar-refractivity contribution in [1.29, 1.82) is 0 Å². The molecule has 0 aromatic rings. The van der Waals surface area contributed by atoms with Crippen molar-refractivity contribution in [2.24, 2.45) is 28.6 Å². The lowest BCUT2D eigenvalue weighted by molar-refractivity contribution is 0.0762. The Hall–Kier alpha value is -0.260. The Morgan fingerprint density at radius 1 is 1.14 bits per heavy atom. The first-order valence-corrected chi connectivity index (χ1v) is 6.29. The van der Waals surface area contributed by atoms with Crippen molar-refractivity contribution in [3.8, 4) is 0 Å². The van der Waals surface area contributed by atoms with Gasteiger partial charge in [0.1, 0.15) is 0 Å². The van der Waals surface area contributed by atoms with Crippen molar-refractivity contribution in [3.05, 3.63) is 12.2 Å². The Morgan fingerprint density at radius 2 is 1.93 bits per heavy atom. The van der Waals surface area contributed by atoms with E-state index in [4.69, 9.17) is 0 Å². The largest absolute Gasteiger partial charge is 0.0845 e. The molecule has 0 saturated heterocycles. The van der Waals surface area contributed by atoms with Crippen molar-refractivity contribution in [2.45, 2.75) is 46.5 Å². The van der Waals surface area contributed by atoms with E-state index < -0.39 is 0 Å². The van der Waals surface area contributed by atoms with E-state index in [0.29, 0.717) is 10.8 Å². The van der Waals surface area contributed by atoms with Gasteiger partial charge in [0, 0.05) is 0 Å². The summed E-state index contributed by atoms with van der Waals surface area (Å²) in [4.78, 5) is 0. The Labute approximate surface area is 87.8 Å². The van der Waals surface area contributed by atoms with Gasteiger partial charge in [-0.1, -0.05) is 32.9 Å². The van der Waals surface area contributed by atoms with Crippen LogP contribution in [0.4, 0.5) is 0 Å². The van der Waals surface area contributed by atoms with E-state index in [-0.39, 0.29) is 0 Å². The van der Waals surface area contributed by atoms with Gasteiger partial charge >= 0.3 is 0 Å². The van der Waals surface area contributed by atoms with E-state index in [0.717, 1.165) is 17.8 Å². The maximum atomic E-state index is 2.55. The molecule has 2 saturated carbocycles. The number of allylic oxidation sites excluding steroid dienone is 2. The number of hydrogen-bond acceptors (Lipinski definition) is 0. The molecule has 0 amide bonds. The van der Waals surface area contributed by atoms with Gasteiger partial charge in [0.15, 0.2) is 0 Å². The fourth-order valence-corrected chi connectivity index (χ4v) is 5.15. The van der Waals surface area contributed by atoms with E-state index in [9.17, 15) is 0 Å². The van der Waals surface area contributed by atoms with Gasteiger partial charge in [0.25, 0.3) is 0 Å². The Kier molecular flexibility index (Phi) is 1.58.